The molecule has 2 aromatic rings. The average Bonchev–Trinajstić information content (AvgIpc) is 2.55. The first-order chi connectivity index (χ1) is 10.9. The summed E-state index contributed by atoms with van der Waals surface area (Å²) in [5, 5.41) is 5.12. The molecule has 122 valence electrons. The summed E-state index contributed by atoms with van der Waals surface area (Å²) in [6.07, 6.45) is 1.28. The van der Waals surface area contributed by atoms with Crippen LogP contribution in [-0.4, -0.2) is 29.6 Å². The van der Waals surface area contributed by atoms with Crippen LogP contribution in [0.3, 0.4) is 0 Å². The minimum Gasteiger partial charge on any atom is -0.396 e. The van der Waals surface area contributed by atoms with Gasteiger partial charge in [-0.15, -0.1) is 0 Å². The fourth-order valence-corrected chi connectivity index (χ4v) is 1.79. The van der Waals surface area contributed by atoms with Crippen LogP contribution in [0.1, 0.15) is 6.92 Å². The first kappa shape index (κ1) is 16.4. The minimum atomic E-state index is -1.03. The molecule has 0 aliphatic heterocycles. The molecule has 0 saturated carbocycles. The number of aromatic nitrogens is 2. The predicted octanol–water partition coefficient (Wildman–Crippen LogP) is 2.44. The van der Waals surface area contributed by atoms with Crippen LogP contribution >= 0.6 is 0 Å². The van der Waals surface area contributed by atoms with Crippen LogP contribution in [0.4, 0.5) is 36.6 Å². The highest BCUT2D eigenvalue weighted by atomic mass is 19.1. The molecule has 1 aromatic carbocycles. The van der Waals surface area contributed by atoms with E-state index in [1.807, 2.05) is 6.92 Å². The van der Waals surface area contributed by atoms with Crippen molar-refractivity contribution in [3.63, 3.8) is 0 Å². The maximum Gasteiger partial charge on any atom is 0.327 e. The molecule has 9 heteroatoms. The fourth-order valence-electron chi connectivity index (χ4n) is 1.79. The molecule has 4 N–H and O–H groups in total. The highest BCUT2D eigenvalue weighted by Gasteiger charge is 2.19. The Morgan fingerprint density at radius 1 is 1.35 bits per heavy atom. The van der Waals surface area contributed by atoms with E-state index in [0.29, 0.717) is 12.4 Å². The number of hydrogen-bond donors (Lipinski definition) is 3. The molecule has 0 fully saturated rings. The predicted molar refractivity (Wildman–Crippen MR) is 84.4 cm³/mol. The smallest absolute Gasteiger partial charge is 0.327 e. The molecular weight excluding hydrogens is 306 g/mol. The molecule has 0 radical (unpaired) electrons. The Kier molecular flexibility index (Phi) is 4.89. The summed E-state index contributed by atoms with van der Waals surface area (Å²) in [6.45, 7) is 2.54. The number of rotatable bonds is 4. The van der Waals surface area contributed by atoms with Gasteiger partial charge >= 0.3 is 6.03 Å². The van der Waals surface area contributed by atoms with Crippen molar-refractivity contribution in [2.75, 3.05) is 34.9 Å². The zero-order valence-corrected chi connectivity index (χ0v) is 12.6. The molecule has 0 unspecified atom stereocenters. The van der Waals surface area contributed by atoms with Crippen LogP contribution < -0.4 is 21.3 Å². The lowest BCUT2D eigenvalue weighted by atomic mass is 10.2. The van der Waals surface area contributed by atoms with Crippen molar-refractivity contribution in [2.24, 2.45) is 0 Å². The normalized spacial score (nSPS) is 10.3. The van der Waals surface area contributed by atoms with Gasteiger partial charge in [-0.1, -0.05) is 0 Å². The summed E-state index contributed by atoms with van der Waals surface area (Å²) < 4.78 is 27.5. The van der Waals surface area contributed by atoms with Crippen molar-refractivity contribution in [2.45, 2.75) is 6.92 Å². The summed E-state index contributed by atoms with van der Waals surface area (Å²) in [6, 6.07) is 2.82. The zero-order valence-electron chi connectivity index (χ0n) is 12.6. The van der Waals surface area contributed by atoms with Crippen LogP contribution in [0, 0.1) is 11.6 Å². The van der Waals surface area contributed by atoms with E-state index in [0.717, 1.165) is 17.0 Å². The molecule has 0 atom stereocenters. The molecule has 1 aromatic heterocycles. The molecule has 0 aliphatic rings. The SMILES string of the molecule is CCNc1cc(N(C)C(=O)Nc2c(F)ccc(N)c2F)ncn1. The van der Waals surface area contributed by atoms with Crippen LogP contribution in [0.25, 0.3) is 0 Å². The maximum absolute atomic E-state index is 13.8. The summed E-state index contributed by atoms with van der Waals surface area (Å²) in [7, 11) is 1.41. The van der Waals surface area contributed by atoms with Gasteiger partial charge in [0.25, 0.3) is 0 Å². The molecule has 1 heterocycles. The summed E-state index contributed by atoms with van der Waals surface area (Å²) in [5.41, 5.74) is 4.50. The second-order valence-corrected chi connectivity index (χ2v) is 4.61. The lowest BCUT2D eigenvalue weighted by Gasteiger charge is -2.18. The number of hydrogen-bond acceptors (Lipinski definition) is 5. The van der Waals surface area contributed by atoms with Crippen molar-refractivity contribution < 1.29 is 13.6 Å². The van der Waals surface area contributed by atoms with Crippen LogP contribution in [0.5, 0.6) is 0 Å². The highest BCUT2D eigenvalue weighted by Crippen LogP contribution is 2.24. The van der Waals surface area contributed by atoms with Crippen molar-refractivity contribution in [3.05, 3.63) is 36.2 Å². The van der Waals surface area contributed by atoms with E-state index in [-0.39, 0.29) is 11.5 Å². The van der Waals surface area contributed by atoms with Gasteiger partial charge in [0, 0.05) is 19.7 Å². The van der Waals surface area contributed by atoms with Gasteiger partial charge in [-0.3, -0.25) is 4.90 Å². The standard InChI is InChI=1S/C14H16F2N6O/c1-3-18-10-6-11(20-7-19-10)22(2)14(23)21-13-8(15)4-5-9(17)12(13)16/h4-7H,3,17H2,1-2H3,(H,21,23)(H,18,19,20). The number of halogens is 2. The summed E-state index contributed by atoms with van der Waals surface area (Å²) >= 11 is 0. The fraction of sp³-hybridized carbons (Fsp3) is 0.214. The monoisotopic (exact) mass is 322 g/mol. The van der Waals surface area contributed by atoms with Gasteiger partial charge in [-0.2, -0.15) is 0 Å². The summed E-state index contributed by atoms with van der Waals surface area (Å²) in [4.78, 5) is 21.2. The topological polar surface area (TPSA) is 96.2 Å². The number of nitrogen functional groups attached to an aromatic ring is 1. The molecule has 0 saturated heterocycles. The van der Waals surface area contributed by atoms with Gasteiger partial charge in [0.05, 0.1) is 5.69 Å². The first-order valence-electron chi connectivity index (χ1n) is 6.78. The first-order valence-corrected chi connectivity index (χ1v) is 6.78. The number of benzene rings is 1. The van der Waals surface area contributed by atoms with Crippen LogP contribution in [-0.2, 0) is 0 Å². The zero-order chi connectivity index (χ0) is 17.0. The van der Waals surface area contributed by atoms with Crippen molar-refractivity contribution in [3.8, 4) is 0 Å². The molecule has 7 nitrogen and oxygen atoms in total. The van der Waals surface area contributed by atoms with E-state index in [1.54, 1.807) is 0 Å². The van der Waals surface area contributed by atoms with E-state index in [4.69, 9.17) is 5.73 Å². The molecule has 0 bridgehead atoms. The van der Waals surface area contributed by atoms with Crippen LogP contribution in [0.15, 0.2) is 24.5 Å². The second-order valence-electron chi connectivity index (χ2n) is 4.61. The Balaban J connectivity index is 2.21. The van der Waals surface area contributed by atoms with E-state index in [2.05, 4.69) is 20.6 Å². The van der Waals surface area contributed by atoms with Gasteiger partial charge in [0.15, 0.2) is 5.82 Å². The van der Waals surface area contributed by atoms with E-state index in [1.165, 1.54) is 19.4 Å². The van der Waals surface area contributed by atoms with Crippen molar-refractivity contribution in [1.82, 2.24) is 9.97 Å². The third kappa shape index (κ3) is 3.62. The molecule has 0 spiro atoms. The number of amides is 2. The number of nitrogens with zero attached hydrogens (tertiary/aromatic N) is 3. The summed E-state index contributed by atoms with van der Waals surface area (Å²) in [5.74, 6) is -1.16. The Morgan fingerprint density at radius 3 is 2.78 bits per heavy atom. The molecular formula is C14H16F2N6O. The van der Waals surface area contributed by atoms with Crippen LogP contribution in [0.2, 0.25) is 0 Å². The molecule has 2 amide bonds. The number of nitrogens with one attached hydrogen (secondary N) is 2. The number of nitrogens with two attached hydrogens (primary N) is 1. The molecule has 23 heavy (non-hydrogen) atoms. The van der Waals surface area contributed by atoms with Crippen molar-refractivity contribution in [1.29, 1.82) is 0 Å². The lowest BCUT2D eigenvalue weighted by molar-refractivity contribution is 0.257. The Labute approximate surface area is 131 Å². The Hall–Kier alpha value is -2.97. The molecule has 0 aliphatic carbocycles. The van der Waals surface area contributed by atoms with Crippen molar-refractivity contribution >= 4 is 29.0 Å². The Morgan fingerprint density at radius 2 is 2.09 bits per heavy atom. The highest BCUT2D eigenvalue weighted by molar-refractivity contribution is 6.01. The van der Waals surface area contributed by atoms with Gasteiger partial charge in [0.1, 0.15) is 29.5 Å². The number of anilines is 4. The third-order valence-corrected chi connectivity index (χ3v) is 3.01. The number of urea groups is 1. The average molecular weight is 322 g/mol. The van der Waals surface area contributed by atoms with Gasteiger partial charge in [-0.25, -0.2) is 23.5 Å². The Bertz CT molecular complexity index is 724. The third-order valence-electron chi connectivity index (χ3n) is 3.01. The maximum atomic E-state index is 13.8. The van der Waals surface area contributed by atoms with E-state index < -0.39 is 23.4 Å². The minimum absolute atomic E-state index is 0.262. The van der Waals surface area contributed by atoms with E-state index in [9.17, 15) is 13.6 Å². The quantitative estimate of drug-likeness (QED) is 0.751. The van der Waals surface area contributed by atoms with E-state index >= 15 is 0 Å². The number of carbonyl (C=O) groups excluding carboxylic acids is 1. The molecule has 2 rings (SSSR count). The van der Waals surface area contributed by atoms with Gasteiger partial charge in [-0.05, 0) is 19.1 Å². The lowest BCUT2D eigenvalue weighted by Crippen LogP contribution is -2.32. The van der Waals surface area contributed by atoms with Gasteiger partial charge < -0.3 is 16.4 Å². The number of carbonyl (C=O) groups is 1. The van der Waals surface area contributed by atoms with Gasteiger partial charge in [0.2, 0.25) is 0 Å². The second kappa shape index (κ2) is 6.86. The largest absolute Gasteiger partial charge is 0.396 e.